The molecule has 0 saturated heterocycles. The zero-order chi connectivity index (χ0) is 21.4. The Balaban J connectivity index is 1.78. The molecule has 0 saturated carbocycles. The van der Waals surface area contributed by atoms with Crippen molar-refractivity contribution in [3.05, 3.63) is 58.9 Å². The highest BCUT2D eigenvalue weighted by atomic mass is 19.1. The lowest BCUT2D eigenvalue weighted by Crippen LogP contribution is -2.21. The number of hydrogen-bond acceptors (Lipinski definition) is 6. The van der Waals surface area contributed by atoms with Gasteiger partial charge in [0, 0.05) is 0 Å². The van der Waals surface area contributed by atoms with E-state index in [9.17, 15) is 8.78 Å². The number of halogens is 2. The number of benzene rings is 1. The van der Waals surface area contributed by atoms with Gasteiger partial charge in [0.25, 0.3) is 0 Å². The van der Waals surface area contributed by atoms with E-state index in [4.69, 9.17) is 4.42 Å². The lowest BCUT2D eigenvalue weighted by Gasteiger charge is -2.31. The van der Waals surface area contributed by atoms with Gasteiger partial charge in [0.2, 0.25) is 11.8 Å². The normalized spacial score (nSPS) is 18.8. The van der Waals surface area contributed by atoms with Crippen molar-refractivity contribution in [3.63, 3.8) is 0 Å². The fraction of sp³-hybridized carbons (Fsp3) is 0.455. The average molecular weight is 413 g/mol. The van der Waals surface area contributed by atoms with Gasteiger partial charge in [0.05, 0.1) is 29.4 Å². The van der Waals surface area contributed by atoms with Gasteiger partial charge in [-0.15, -0.1) is 15.3 Å². The Morgan fingerprint density at radius 1 is 1.07 bits per heavy atom. The van der Waals surface area contributed by atoms with E-state index in [1.54, 1.807) is 6.07 Å². The number of rotatable bonds is 5. The standard InChI is InChI=1S/C22H25F2N5O/c1-12(2)13-8-9-14(22-28-26-19(30-22)11-29(3)4)21-15(13)10-18(25-27-21)20-16(23)6-5-7-17(20)24/h5-7,10,12-14H,8-9,11H2,1-4H3. The largest absolute Gasteiger partial charge is 0.423 e. The molecule has 2 unspecified atom stereocenters. The Morgan fingerprint density at radius 2 is 1.80 bits per heavy atom. The summed E-state index contributed by atoms with van der Waals surface area (Å²) in [7, 11) is 3.86. The first-order chi connectivity index (χ1) is 14.3. The molecule has 0 aliphatic heterocycles. The van der Waals surface area contributed by atoms with Crippen LogP contribution in [0.4, 0.5) is 8.78 Å². The van der Waals surface area contributed by atoms with Gasteiger partial charge in [-0.1, -0.05) is 19.9 Å². The van der Waals surface area contributed by atoms with Crippen LogP contribution >= 0.6 is 0 Å². The lowest BCUT2D eigenvalue weighted by atomic mass is 9.74. The Morgan fingerprint density at radius 3 is 2.47 bits per heavy atom. The Labute approximate surface area is 174 Å². The van der Waals surface area contributed by atoms with Crippen LogP contribution in [0.2, 0.25) is 0 Å². The van der Waals surface area contributed by atoms with Gasteiger partial charge < -0.3 is 9.32 Å². The second-order valence-electron chi connectivity index (χ2n) is 8.42. The van der Waals surface area contributed by atoms with Gasteiger partial charge in [-0.2, -0.15) is 5.10 Å². The molecule has 0 N–H and O–H groups in total. The predicted molar refractivity (Wildman–Crippen MR) is 108 cm³/mol. The Bertz CT molecular complexity index is 1030. The highest BCUT2D eigenvalue weighted by molar-refractivity contribution is 5.61. The number of hydrogen-bond donors (Lipinski definition) is 0. The minimum absolute atomic E-state index is 0.150. The molecule has 0 bridgehead atoms. The molecule has 1 aliphatic rings. The summed E-state index contributed by atoms with van der Waals surface area (Å²) in [6, 6.07) is 5.57. The molecule has 6 nitrogen and oxygen atoms in total. The first kappa shape index (κ1) is 20.5. The molecule has 0 amide bonds. The van der Waals surface area contributed by atoms with E-state index in [-0.39, 0.29) is 23.1 Å². The number of aromatic nitrogens is 4. The summed E-state index contributed by atoms with van der Waals surface area (Å²) >= 11 is 0. The molecule has 0 radical (unpaired) electrons. The van der Waals surface area contributed by atoms with Crippen molar-refractivity contribution in [2.24, 2.45) is 5.92 Å². The molecule has 2 atom stereocenters. The van der Waals surface area contributed by atoms with Crippen molar-refractivity contribution in [2.45, 2.75) is 45.1 Å². The topological polar surface area (TPSA) is 67.9 Å². The van der Waals surface area contributed by atoms with Crippen LogP contribution in [-0.4, -0.2) is 39.4 Å². The predicted octanol–water partition coefficient (Wildman–Crippen LogP) is 4.53. The minimum Gasteiger partial charge on any atom is -0.423 e. The first-order valence-electron chi connectivity index (χ1n) is 10.1. The molecule has 2 aromatic heterocycles. The SMILES string of the molecule is CC(C)C1CCC(c2nnc(CN(C)C)o2)c2nnc(-c3c(F)cccc3F)cc21. The van der Waals surface area contributed by atoms with Crippen molar-refractivity contribution >= 4 is 0 Å². The summed E-state index contributed by atoms with van der Waals surface area (Å²) in [5, 5.41) is 17.0. The van der Waals surface area contributed by atoms with Crippen LogP contribution in [0.1, 0.15) is 61.6 Å². The van der Waals surface area contributed by atoms with Crippen LogP contribution in [-0.2, 0) is 6.54 Å². The summed E-state index contributed by atoms with van der Waals surface area (Å²) in [6.45, 7) is 4.83. The van der Waals surface area contributed by atoms with Crippen LogP contribution in [0, 0.1) is 17.6 Å². The average Bonchev–Trinajstić information content (AvgIpc) is 3.14. The summed E-state index contributed by atoms with van der Waals surface area (Å²) in [4.78, 5) is 1.95. The van der Waals surface area contributed by atoms with E-state index in [2.05, 4.69) is 34.2 Å². The molecule has 8 heteroatoms. The van der Waals surface area contributed by atoms with Crippen LogP contribution in [0.15, 0.2) is 28.7 Å². The molecule has 0 fully saturated rings. The van der Waals surface area contributed by atoms with Crippen molar-refractivity contribution in [1.29, 1.82) is 0 Å². The van der Waals surface area contributed by atoms with E-state index >= 15 is 0 Å². The van der Waals surface area contributed by atoms with Gasteiger partial charge in [-0.3, -0.25) is 0 Å². The maximum atomic E-state index is 14.3. The first-order valence-corrected chi connectivity index (χ1v) is 10.1. The smallest absolute Gasteiger partial charge is 0.230 e. The molecular formula is C22H25F2N5O. The van der Waals surface area contributed by atoms with E-state index < -0.39 is 11.6 Å². The molecule has 1 aromatic carbocycles. The van der Waals surface area contributed by atoms with Crippen LogP contribution in [0.5, 0.6) is 0 Å². The van der Waals surface area contributed by atoms with Gasteiger partial charge in [-0.25, -0.2) is 8.78 Å². The number of fused-ring (bicyclic) bond motifs is 1. The van der Waals surface area contributed by atoms with Gasteiger partial charge in [-0.05, 0) is 62.5 Å². The molecule has 158 valence electrons. The van der Waals surface area contributed by atoms with E-state index in [1.807, 2.05) is 19.0 Å². The lowest BCUT2D eigenvalue weighted by molar-refractivity contribution is 0.318. The van der Waals surface area contributed by atoms with E-state index in [0.29, 0.717) is 24.2 Å². The zero-order valence-electron chi connectivity index (χ0n) is 17.6. The van der Waals surface area contributed by atoms with Crippen LogP contribution < -0.4 is 0 Å². The van der Waals surface area contributed by atoms with E-state index in [0.717, 1.165) is 24.1 Å². The quantitative estimate of drug-likeness (QED) is 0.612. The Kier molecular flexibility index (Phi) is 5.60. The third-order valence-electron chi connectivity index (χ3n) is 5.61. The summed E-state index contributed by atoms with van der Waals surface area (Å²) < 4.78 is 34.5. The monoisotopic (exact) mass is 413 g/mol. The van der Waals surface area contributed by atoms with Crippen molar-refractivity contribution in [3.8, 4) is 11.3 Å². The highest BCUT2D eigenvalue weighted by Gasteiger charge is 2.35. The zero-order valence-corrected chi connectivity index (χ0v) is 17.6. The van der Waals surface area contributed by atoms with Crippen molar-refractivity contribution in [2.75, 3.05) is 14.1 Å². The molecule has 30 heavy (non-hydrogen) atoms. The van der Waals surface area contributed by atoms with E-state index in [1.165, 1.54) is 18.2 Å². The summed E-state index contributed by atoms with van der Waals surface area (Å²) in [6.07, 6.45) is 1.70. The molecule has 4 rings (SSSR count). The Hall–Kier alpha value is -2.74. The second-order valence-corrected chi connectivity index (χ2v) is 8.42. The van der Waals surface area contributed by atoms with Crippen molar-refractivity contribution < 1.29 is 13.2 Å². The van der Waals surface area contributed by atoms with Crippen LogP contribution in [0.3, 0.4) is 0 Å². The maximum Gasteiger partial charge on any atom is 0.230 e. The summed E-state index contributed by atoms with van der Waals surface area (Å²) in [5.74, 6) is 0.134. The third-order valence-corrected chi connectivity index (χ3v) is 5.61. The molecular weight excluding hydrogens is 388 g/mol. The fourth-order valence-corrected chi connectivity index (χ4v) is 4.16. The third kappa shape index (κ3) is 3.84. The molecule has 1 aliphatic carbocycles. The number of nitrogens with zero attached hydrogens (tertiary/aromatic N) is 5. The van der Waals surface area contributed by atoms with Gasteiger partial charge in [0.15, 0.2) is 0 Å². The second kappa shape index (κ2) is 8.18. The van der Waals surface area contributed by atoms with Crippen LogP contribution in [0.25, 0.3) is 11.3 Å². The molecule has 0 spiro atoms. The van der Waals surface area contributed by atoms with Gasteiger partial charge in [0.1, 0.15) is 11.6 Å². The molecule has 2 heterocycles. The summed E-state index contributed by atoms with van der Waals surface area (Å²) in [5.41, 5.74) is 1.75. The minimum atomic E-state index is -0.650. The highest BCUT2D eigenvalue weighted by Crippen LogP contribution is 2.44. The van der Waals surface area contributed by atoms with Crippen molar-refractivity contribution in [1.82, 2.24) is 25.3 Å². The maximum absolute atomic E-state index is 14.3. The molecule has 3 aromatic rings. The van der Waals surface area contributed by atoms with Gasteiger partial charge >= 0.3 is 0 Å². The fourth-order valence-electron chi connectivity index (χ4n) is 4.16.